The van der Waals surface area contributed by atoms with E-state index in [0.717, 1.165) is 38.5 Å². The Bertz CT molecular complexity index is 1220. The third kappa shape index (κ3) is 56.7. The van der Waals surface area contributed by atoms with Gasteiger partial charge in [0.15, 0.2) is 0 Å². The van der Waals surface area contributed by atoms with E-state index in [-0.39, 0.29) is 19.1 Å². The highest BCUT2D eigenvalue weighted by atomic mass is 31.2. The number of nitrogens with zero attached hydrogens (tertiary/aromatic N) is 1. The highest BCUT2D eigenvalue weighted by molar-refractivity contribution is 7.45. The van der Waals surface area contributed by atoms with Crippen molar-refractivity contribution >= 4 is 13.7 Å². The summed E-state index contributed by atoms with van der Waals surface area (Å²) in [6.45, 7) is 4.70. The van der Waals surface area contributed by atoms with Crippen LogP contribution in [-0.4, -0.2) is 68.5 Å². The average molecular weight is 1040 g/mol. The van der Waals surface area contributed by atoms with Crippen molar-refractivity contribution in [2.45, 2.75) is 334 Å². The van der Waals surface area contributed by atoms with Crippen LogP contribution in [0, 0.1) is 0 Å². The minimum atomic E-state index is -4.60. The van der Waals surface area contributed by atoms with E-state index in [1.54, 1.807) is 6.08 Å². The molecule has 8 nitrogen and oxygen atoms in total. The Labute approximate surface area is 449 Å². The molecule has 0 aromatic rings. The Morgan fingerprint density at radius 2 is 0.764 bits per heavy atom. The van der Waals surface area contributed by atoms with Gasteiger partial charge in [0.2, 0.25) is 5.91 Å². The van der Waals surface area contributed by atoms with Crippen LogP contribution in [0.25, 0.3) is 0 Å². The number of allylic oxidation sites excluding steroid dienone is 3. The van der Waals surface area contributed by atoms with Gasteiger partial charge < -0.3 is 28.8 Å². The molecule has 0 spiro atoms. The van der Waals surface area contributed by atoms with Crippen LogP contribution in [-0.2, 0) is 18.4 Å². The lowest BCUT2D eigenvalue weighted by atomic mass is 10.0. The summed E-state index contributed by atoms with van der Waals surface area (Å²) in [5.74, 6) is -0.192. The Kier molecular flexibility index (Phi) is 54.0. The lowest BCUT2D eigenvalue weighted by Crippen LogP contribution is -2.45. The molecule has 3 unspecified atom stereocenters. The zero-order valence-corrected chi connectivity index (χ0v) is 49.8. The van der Waals surface area contributed by atoms with Crippen molar-refractivity contribution in [2.24, 2.45) is 0 Å². The van der Waals surface area contributed by atoms with Crippen LogP contribution in [0.4, 0.5) is 0 Å². The van der Waals surface area contributed by atoms with Crippen molar-refractivity contribution in [3.8, 4) is 0 Å². The smallest absolute Gasteiger partial charge is 0.268 e. The molecule has 1 amide bonds. The molecule has 0 radical (unpaired) electrons. The van der Waals surface area contributed by atoms with Crippen molar-refractivity contribution < 1.29 is 32.9 Å². The maximum Gasteiger partial charge on any atom is 0.268 e. The summed E-state index contributed by atoms with van der Waals surface area (Å²) < 4.78 is 23.4. The molecule has 9 heteroatoms. The van der Waals surface area contributed by atoms with Gasteiger partial charge in [0.05, 0.1) is 39.9 Å². The van der Waals surface area contributed by atoms with E-state index in [1.807, 2.05) is 27.2 Å². The van der Waals surface area contributed by atoms with E-state index >= 15 is 0 Å². The summed E-state index contributed by atoms with van der Waals surface area (Å²) >= 11 is 0. The van der Waals surface area contributed by atoms with Gasteiger partial charge in [-0.25, -0.2) is 0 Å². The number of likely N-dealkylation sites (N-methyl/N-ethyl adjacent to an activating group) is 1. The Balaban J connectivity index is 4.13. The quantitative estimate of drug-likeness (QED) is 0.0272. The van der Waals surface area contributed by atoms with Crippen LogP contribution in [0.5, 0.6) is 0 Å². The monoisotopic (exact) mass is 1040 g/mol. The second-order valence-corrected chi connectivity index (χ2v) is 24.5. The number of amides is 1. The van der Waals surface area contributed by atoms with Gasteiger partial charge in [-0.1, -0.05) is 295 Å². The zero-order chi connectivity index (χ0) is 52.7. The predicted octanol–water partition coefficient (Wildman–Crippen LogP) is 18.9. The fourth-order valence-corrected chi connectivity index (χ4v) is 10.4. The first kappa shape index (κ1) is 71.0. The highest BCUT2D eigenvalue weighted by Crippen LogP contribution is 2.38. The van der Waals surface area contributed by atoms with E-state index in [1.165, 1.54) is 263 Å². The molecule has 0 aromatic heterocycles. The van der Waals surface area contributed by atoms with Gasteiger partial charge in [0, 0.05) is 6.42 Å². The normalized spacial score (nSPS) is 13.9. The van der Waals surface area contributed by atoms with Crippen molar-refractivity contribution in [3.05, 3.63) is 24.3 Å². The van der Waals surface area contributed by atoms with Crippen molar-refractivity contribution in [1.82, 2.24) is 5.32 Å². The van der Waals surface area contributed by atoms with Crippen LogP contribution in [0.1, 0.15) is 322 Å². The number of aliphatic hydroxyl groups excluding tert-OH is 1. The first-order valence-electron chi connectivity index (χ1n) is 31.7. The van der Waals surface area contributed by atoms with Gasteiger partial charge in [-0.05, 0) is 44.9 Å². The number of nitrogens with one attached hydrogen (secondary N) is 1. The second kappa shape index (κ2) is 54.8. The van der Waals surface area contributed by atoms with Gasteiger partial charge in [-0.15, -0.1) is 0 Å². The standard InChI is InChI=1S/C63H125N2O6P/c1-6-8-10-12-14-16-18-20-22-24-26-28-30-32-34-36-38-40-42-44-46-48-50-52-54-56-62(66)61(60-71-72(68,69)70-59-58-65(3,4)5)64-63(67)57-55-53-51-49-47-45-43-41-39-37-35-33-31-29-27-25-23-21-19-17-15-13-11-9-7-2/h25,27,54,56,61-62,66H,6-24,26,28-53,55,57-60H2,1-5H3,(H-,64,67,68,69)/b27-25-,56-54+. The maximum absolute atomic E-state index is 13.0. The van der Waals surface area contributed by atoms with E-state index in [4.69, 9.17) is 9.05 Å². The highest BCUT2D eigenvalue weighted by Gasteiger charge is 2.23. The fraction of sp³-hybridized carbons (Fsp3) is 0.921. The molecule has 3 atom stereocenters. The van der Waals surface area contributed by atoms with E-state index in [0.29, 0.717) is 17.4 Å². The minimum Gasteiger partial charge on any atom is -0.756 e. The number of carbonyl (C=O) groups excluding carboxylic acids is 1. The molecule has 0 saturated carbocycles. The van der Waals surface area contributed by atoms with Gasteiger partial charge in [0.1, 0.15) is 13.2 Å². The third-order valence-electron chi connectivity index (χ3n) is 14.7. The lowest BCUT2D eigenvalue weighted by molar-refractivity contribution is -0.870. The molecular weight excluding hydrogens is 912 g/mol. The summed E-state index contributed by atoms with van der Waals surface area (Å²) in [7, 11) is 1.28. The molecule has 0 heterocycles. The van der Waals surface area contributed by atoms with E-state index < -0.39 is 20.0 Å². The zero-order valence-electron chi connectivity index (χ0n) is 48.9. The number of hydrogen-bond donors (Lipinski definition) is 2. The molecule has 0 bridgehead atoms. The number of rotatable bonds is 59. The number of aliphatic hydroxyl groups is 1. The number of unbranched alkanes of at least 4 members (excludes halogenated alkanes) is 44. The summed E-state index contributed by atoms with van der Waals surface area (Å²) in [5.41, 5.74) is 0. The van der Waals surface area contributed by atoms with Crippen LogP contribution in [0.2, 0.25) is 0 Å². The number of carbonyl (C=O) groups is 1. The Morgan fingerprint density at radius 3 is 1.08 bits per heavy atom. The van der Waals surface area contributed by atoms with Gasteiger partial charge in [0.25, 0.3) is 7.82 Å². The molecule has 2 N–H and O–H groups in total. The molecule has 0 fully saturated rings. The Morgan fingerprint density at radius 1 is 0.472 bits per heavy atom. The van der Waals surface area contributed by atoms with Crippen molar-refractivity contribution in [3.63, 3.8) is 0 Å². The van der Waals surface area contributed by atoms with Crippen LogP contribution >= 0.6 is 7.82 Å². The van der Waals surface area contributed by atoms with Gasteiger partial charge in [-0.3, -0.25) is 9.36 Å². The molecule has 0 saturated heterocycles. The summed E-state index contributed by atoms with van der Waals surface area (Å²) in [5, 5.41) is 13.9. The topological polar surface area (TPSA) is 108 Å². The van der Waals surface area contributed by atoms with Crippen LogP contribution in [0.15, 0.2) is 24.3 Å². The predicted molar refractivity (Wildman–Crippen MR) is 312 cm³/mol. The van der Waals surface area contributed by atoms with E-state index in [2.05, 4.69) is 31.3 Å². The first-order valence-corrected chi connectivity index (χ1v) is 33.2. The fourth-order valence-electron chi connectivity index (χ4n) is 9.68. The minimum absolute atomic E-state index is 0.00122. The molecule has 428 valence electrons. The molecule has 0 aliphatic rings. The molecule has 0 aliphatic carbocycles. The summed E-state index contributed by atoms with van der Waals surface area (Å²) in [4.78, 5) is 25.6. The van der Waals surface area contributed by atoms with E-state index in [9.17, 15) is 19.4 Å². The van der Waals surface area contributed by atoms with Crippen LogP contribution < -0.4 is 10.2 Å². The SMILES string of the molecule is CCCCCCCCCC/C=C\CCCCCCCCCCCCCCCC(=O)NC(COP(=O)([O-])OCC[N+](C)(C)C)C(O)/C=C/CCCCCCCCCCCCCCCCCCCCCCCCC. The van der Waals surface area contributed by atoms with Crippen molar-refractivity contribution in [1.29, 1.82) is 0 Å². The first-order chi connectivity index (χ1) is 35.0. The lowest BCUT2D eigenvalue weighted by Gasteiger charge is -2.29. The maximum atomic E-state index is 13.0. The second-order valence-electron chi connectivity index (χ2n) is 23.1. The van der Waals surface area contributed by atoms with Crippen LogP contribution in [0.3, 0.4) is 0 Å². The molecule has 0 rings (SSSR count). The Hall–Kier alpha value is -1.02. The average Bonchev–Trinajstić information content (AvgIpc) is 3.34. The molecule has 0 aliphatic heterocycles. The van der Waals surface area contributed by atoms with Gasteiger partial charge >= 0.3 is 0 Å². The molecule has 72 heavy (non-hydrogen) atoms. The molecule has 0 aromatic carbocycles. The summed E-state index contributed by atoms with van der Waals surface area (Å²) in [6, 6.07) is -0.885. The number of hydrogen-bond acceptors (Lipinski definition) is 6. The van der Waals surface area contributed by atoms with Gasteiger partial charge in [-0.2, -0.15) is 0 Å². The number of quaternary nitrogens is 1. The molecular formula is C63H125N2O6P. The number of phosphoric acid groups is 1. The van der Waals surface area contributed by atoms with Crippen molar-refractivity contribution in [2.75, 3.05) is 40.9 Å². The third-order valence-corrected chi connectivity index (χ3v) is 15.6. The summed E-state index contributed by atoms with van der Waals surface area (Å²) in [6.07, 6.45) is 69.8. The largest absolute Gasteiger partial charge is 0.756 e. The number of phosphoric ester groups is 1.